The summed E-state index contributed by atoms with van der Waals surface area (Å²) in [6.07, 6.45) is -1.33. The lowest BCUT2D eigenvalue weighted by molar-refractivity contribution is -0.114. The molecule has 0 aliphatic heterocycles. The minimum absolute atomic E-state index is 0.117. The van der Waals surface area contributed by atoms with Crippen LogP contribution < -0.4 is 0 Å². The summed E-state index contributed by atoms with van der Waals surface area (Å²) in [5.74, 6) is -0.117. The molecule has 6 heteroatoms. The first-order chi connectivity index (χ1) is 9.14. The van der Waals surface area contributed by atoms with E-state index < -0.39 is 31.3 Å². The minimum atomic E-state index is -4.18. The highest BCUT2D eigenvalue weighted by atomic mass is 127. The Hall–Kier alpha value is -0.270. The zero-order valence-electron chi connectivity index (χ0n) is 12.1. The minimum Gasteiger partial charge on any atom is -0.294 e. The molecule has 1 aliphatic rings. The van der Waals surface area contributed by atoms with Crippen LogP contribution in [0.3, 0.4) is 0 Å². The molecule has 0 spiro atoms. The number of ketones is 1. The van der Waals surface area contributed by atoms with Crippen LogP contribution >= 0.6 is 20.7 Å². The molecule has 0 saturated heterocycles. The maximum Gasteiger partial charge on any atom is 0.397 e. The normalized spacial score (nSPS) is 24.0. The summed E-state index contributed by atoms with van der Waals surface area (Å²) < 4.78 is 36.7. The number of hydrogen-bond donors (Lipinski definition) is 0. The molecule has 0 aromatic rings. The maximum atomic E-state index is 12.4. The van der Waals surface area contributed by atoms with Crippen LogP contribution in [0.15, 0.2) is 4.99 Å². The van der Waals surface area contributed by atoms with E-state index >= 15 is 0 Å². The van der Waals surface area contributed by atoms with Crippen LogP contribution in [0.2, 0.25) is 0 Å². The molecule has 0 heterocycles. The van der Waals surface area contributed by atoms with Crippen LogP contribution in [0.25, 0.3) is 0 Å². The number of alkyl halides is 4. The summed E-state index contributed by atoms with van der Waals surface area (Å²) in [6.45, 7) is 6.59. The van der Waals surface area contributed by atoms with E-state index in [1.165, 1.54) is 0 Å². The molecule has 0 aromatic heterocycles. The van der Waals surface area contributed by atoms with Gasteiger partial charge in [-0.1, -0.05) is 47.9 Å². The van der Waals surface area contributed by atoms with Gasteiger partial charge in [-0.05, 0) is 18.3 Å². The Bertz CT molecular complexity index is 425. The van der Waals surface area contributed by atoms with Gasteiger partial charge in [0.15, 0.2) is 5.78 Å². The number of halogens is 4. The van der Waals surface area contributed by atoms with Crippen molar-refractivity contribution in [3.8, 4) is 0 Å². The maximum absolute atomic E-state index is 12.4. The van der Waals surface area contributed by atoms with Crippen molar-refractivity contribution in [2.45, 2.75) is 52.6 Å². The van der Waals surface area contributed by atoms with E-state index in [1.54, 1.807) is 0 Å². The summed E-state index contributed by atoms with van der Waals surface area (Å²) in [6, 6.07) is 0. The average molecular weight is 403 g/mol. The molecule has 1 rings (SSSR count). The predicted octanol–water partition coefficient (Wildman–Crippen LogP) is 4.32. The molecule has 0 bridgehead atoms. The van der Waals surface area contributed by atoms with Crippen molar-refractivity contribution < 1.29 is 18.0 Å². The van der Waals surface area contributed by atoms with Gasteiger partial charge in [-0.3, -0.25) is 9.79 Å². The quantitative estimate of drug-likeness (QED) is 0.391. The second kappa shape index (κ2) is 7.13. The number of aliphatic imine (C=N–C) groups is 1. The lowest BCUT2D eigenvalue weighted by atomic mass is 9.76. The fourth-order valence-electron chi connectivity index (χ4n) is 2.06. The molecular formula is C14H21F3INO. The van der Waals surface area contributed by atoms with Crippen LogP contribution in [0.4, 0.5) is 13.2 Å². The highest BCUT2D eigenvalue weighted by molar-refractivity contribution is 14.2. The summed E-state index contributed by atoms with van der Waals surface area (Å²) in [7, 11) is 0. The smallest absolute Gasteiger partial charge is 0.294 e. The van der Waals surface area contributed by atoms with Gasteiger partial charge in [-0.25, -0.2) is 0 Å². The molecule has 116 valence electrons. The van der Waals surface area contributed by atoms with E-state index in [9.17, 15) is 18.0 Å². The Balaban J connectivity index is 2.97. The summed E-state index contributed by atoms with van der Waals surface area (Å²) in [5, 5.41) is 0. The third kappa shape index (κ3) is 6.01. The van der Waals surface area contributed by atoms with Crippen LogP contribution in [-0.4, -0.2) is 32.2 Å². The van der Waals surface area contributed by atoms with Gasteiger partial charge in [0.25, 0.3) is 0 Å². The molecule has 20 heavy (non-hydrogen) atoms. The third-order valence-electron chi connectivity index (χ3n) is 2.95. The van der Waals surface area contributed by atoms with Crippen molar-refractivity contribution in [3.05, 3.63) is 0 Å². The second-order valence-corrected chi connectivity index (χ2v) is 8.42. The molecule has 0 aromatic carbocycles. The molecule has 0 atom stereocenters. The Labute approximate surface area is 128 Å². The Morgan fingerprint density at radius 1 is 1.30 bits per heavy atom. The number of hydrogen-bond acceptors (Lipinski definition) is 2. The first-order valence-corrected chi connectivity index (χ1v) is 9.35. The van der Waals surface area contributed by atoms with Crippen molar-refractivity contribution in [2.24, 2.45) is 10.4 Å². The van der Waals surface area contributed by atoms with E-state index in [0.29, 0.717) is 28.6 Å². The molecule has 0 N–H and O–H groups in total. The van der Waals surface area contributed by atoms with E-state index in [0.717, 1.165) is 12.8 Å². The molecule has 2 nitrogen and oxygen atoms in total. The third-order valence-corrected chi connectivity index (χ3v) is 6.18. The first-order valence-electron chi connectivity index (χ1n) is 6.74. The fourth-order valence-corrected chi connectivity index (χ4v) is 4.29. The molecular weight excluding hydrogens is 382 g/mol. The SMILES string of the molecule is CCCCN=C1CC(C)(C)CC(=O)C1=ICC(F)(F)F. The Kier molecular flexibility index (Phi) is 6.34. The van der Waals surface area contributed by atoms with Crippen LogP contribution in [0.1, 0.15) is 46.5 Å². The molecule has 1 fully saturated rings. The Morgan fingerprint density at radius 2 is 1.95 bits per heavy atom. The van der Waals surface area contributed by atoms with Crippen LogP contribution in [0.5, 0.6) is 0 Å². The van der Waals surface area contributed by atoms with Gasteiger partial charge in [0.05, 0.1) is 13.6 Å². The lowest BCUT2D eigenvalue weighted by Gasteiger charge is -2.30. The van der Waals surface area contributed by atoms with Gasteiger partial charge in [0.1, 0.15) is 0 Å². The van der Waals surface area contributed by atoms with Gasteiger partial charge in [0.2, 0.25) is 0 Å². The highest BCUT2D eigenvalue weighted by Gasteiger charge is 2.35. The molecule has 1 saturated carbocycles. The number of unbranched alkanes of at least 4 members (excludes halogenated alkanes) is 1. The van der Waals surface area contributed by atoms with E-state index in [-0.39, 0.29) is 11.2 Å². The Morgan fingerprint density at radius 3 is 2.50 bits per heavy atom. The van der Waals surface area contributed by atoms with Crippen molar-refractivity contribution in [1.29, 1.82) is 0 Å². The van der Waals surface area contributed by atoms with Crippen LogP contribution in [-0.2, 0) is 4.79 Å². The first kappa shape index (κ1) is 17.8. The van der Waals surface area contributed by atoms with E-state index in [1.807, 2.05) is 20.8 Å². The predicted molar refractivity (Wildman–Crippen MR) is 85.2 cm³/mol. The lowest BCUT2D eigenvalue weighted by Crippen LogP contribution is -2.37. The fraction of sp³-hybridized carbons (Fsp3) is 0.786. The average Bonchev–Trinajstić information content (AvgIpc) is 2.25. The van der Waals surface area contributed by atoms with Crippen molar-refractivity contribution in [1.82, 2.24) is 0 Å². The number of carbonyl (C=O) groups is 1. The van der Waals surface area contributed by atoms with Gasteiger partial charge < -0.3 is 0 Å². The van der Waals surface area contributed by atoms with Crippen molar-refractivity contribution >= 4 is 35.7 Å². The monoisotopic (exact) mass is 403 g/mol. The highest BCUT2D eigenvalue weighted by Crippen LogP contribution is 2.33. The van der Waals surface area contributed by atoms with E-state index in [2.05, 4.69) is 4.99 Å². The number of rotatable bonds is 4. The van der Waals surface area contributed by atoms with Gasteiger partial charge in [0, 0.05) is 13.0 Å². The van der Waals surface area contributed by atoms with Gasteiger partial charge >= 0.3 is 6.18 Å². The van der Waals surface area contributed by atoms with Gasteiger partial charge in [-0.2, -0.15) is 13.2 Å². The summed E-state index contributed by atoms with van der Waals surface area (Å²) in [5.41, 5.74) is 0.463. The summed E-state index contributed by atoms with van der Waals surface area (Å²) >= 11 is -1.32. The van der Waals surface area contributed by atoms with Gasteiger partial charge in [-0.15, -0.1) is 0 Å². The zero-order valence-corrected chi connectivity index (χ0v) is 14.3. The molecule has 0 unspecified atom stereocenters. The standard InChI is InChI=1S/C14H21F3INO/c1-4-5-6-19-10-7-13(2,3)8-11(20)12(10)18-9-14(15,16)17/h4-9H2,1-3H3. The molecule has 0 radical (unpaired) electrons. The van der Waals surface area contributed by atoms with Crippen molar-refractivity contribution in [2.75, 3.05) is 11.0 Å². The number of nitrogens with zero attached hydrogens (tertiary/aromatic N) is 1. The number of Topliss-reactive ketones (excluding diaryl/α,β-unsaturated/α-hetero) is 1. The molecule has 1 aliphatic carbocycles. The molecule has 0 amide bonds. The van der Waals surface area contributed by atoms with Crippen LogP contribution in [0, 0.1) is 5.41 Å². The van der Waals surface area contributed by atoms with Crippen molar-refractivity contribution in [3.63, 3.8) is 0 Å². The second-order valence-electron chi connectivity index (χ2n) is 5.82. The summed E-state index contributed by atoms with van der Waals surface area (Å²) in [4.78, 5) is 16.5. The number of carbonyl (C=O) groups excluding carboxylic acids is 1. The topological polar surface area (TPSA) is 29.4 Å². The largest absolute Gasteiger partial charge is 0.397 e. The van der Waals surface area contributed by atoms with E-state index in [4.69, 9.17) is 0 Å². The zero-order chi connectivity index (χ0) is 15.4.